The van der Waals surface area contributed by atoms with Crippen LogP contribution in [-0.4, -0.2) is 36.6 Å². The zero-order valence-electron chi connectivity index (χ0n) is 15.5. The zero-order chi connectivity index (χ0) is 21.0. The highest BCUT2D eigenvalue weighted by Gasteiger charge is 2.31. The summed E-state index contributed by atoms with van der Waals surface area (Å²) in [6, 6.07) is 11.7. The van der Waals surface area contributed by atoms with Gasteiger partial charge in [-0.2, -0.15) is 0 Å². The van der Waals surface area contributed by atoms with Gasteiger partial charge >= 0.3 is 0 Å². The van der Waals surface area contributed by atoms with Crippen molar-refractivity contribution in [3.8, 4) is 0 Å². The van der Waals surface area contributed by atoms with Gasteiger partial charge in [0.05, 0.1) is 16.4 Å². The molecule has 10 heteroatoms. The summed E-state index contributed by atoms with van der Waals surface area (Å²) in [5.41, 5.74) is 0.0976. The number of benzene rings is 2. The Hall–Kier alpha value is -2.85. The number of nitrogens with one attached hydrogen (secondary N) is 1. The van der Waals surface area contributed by atoms with Crippen molar-refractivity contribution in [3.05, 3.63) is 70.0 Å². The van der Waals surface area contributed by atoms with Gasteiger partial charge in [-0.25, -0.2) is 17.1 Å². The van der Waals surface area contributed by atoms with Crippen molar-refractivity contribution < 1.29 is 22.5 Å². The van der Waals surface area contributed by atoms with Crippen LogP contribution in [0.3, 0.4) is 0 Å². The van der Waals surface area contributed by atoms with E-state index >= 15 is 0 Å². The average Bonchev–Trinajstić information content (AvgIpc) is 2.70. The minimum atomic E-state index is -3.50. The van der Waals surface area contributed by atoms with Crippen molar-refractivity contribution >= 4 is 27.3 Å². The van der Waals surface area contributed by atoms with Crippen molar-refractivity contribution in [1.82, 2.24) is 4.31 Å². The van der Waals surface area contributed by atoms with E-state index in [1.165, 1.54) is 4.31 Å². The van der Waals surface area contributed by atoms with E-state index in [9.17, 15) is 27.7 Å². The number of hydrogen-bond acceptors (Lipinski definition) is 5. The molecule has 0 aromatic heterocycles. The van der Waals surface area contributed by atoms with Crippen LogP contribution >= 0.6 is 0 Å². The van der Waals surface area contributed by atoms with Crippen LogP contribution in [0.2, 0.25) is 0 Å². The molecule has 1 aliphatic heterocycles. The first kappa shape index (κ1) is 20.9. The van der Waals surface area contributed by atoms with Crippen LogP contribution in [-0.2, 0) is 20.6 Å². The third kappa shape index (κ3) is 5.15. The van der Waals surface area contributed by atoms with Gasteiger partial charge in [0.1, 0.15) is 5.82 Å². The number of piperidine rings is 1. The van der Waals surface area contributed by atoms with Gasteiger partial charge in [0.15, 0.2) is 0 Å². The summed E-state index contributed by atoms with van der Waals surface area (Å²) in [5, 5.41) is 13.2. The minimum absolute atomic E-state index is 0.108. The molecule has 0 unspecified atom stereocenters. The van der Waals surface area contributed by atoms with Gasteiger partial charge in [-0.1, -0.05) is 30.3 Å². The SMILES string of the molecule is O=C(Nc1cc([N+](=O)[O-])ccc1F)C1CCN(S(=O)(=O)Cc2ccccc2)CC1. The number of non-ortho nitro benzene ring substituents is 1. The Morgan fingerprint density at radius 2 is 1.83 bits per heavy atom. The number of nitro benzene ring substituents is 1. The molecule has 1 fully saturated rings. The Morgan fingerprint density at radius 3 is 2.45 bits per heavy atom. The third-order valence-corrected chi connectivity index (χ3v) is 6.68. The van der Waals surface area contributed by atoms with Crippen LogP contribution in [0.1, 0.15) is 18.4 Å². The number of sulfonamides is 1. The number of nitrogens with zero attached hydrogens (tertiary/aromatic N) is 2. The van der Waals surface area contributed by atoms with E-state index in [2.05, 4.69) is 5.32 Å². The number of nitro groups is 1. The standard InChI is InChI=1S/C19H20FN3O5S/c20-17-7-6-16(23(25)26)12-18(17)21-19(24)15-8-10-22(11-9-15)29(27,28)13-14-4-2-1-3-5-14/h1-7,12,15H,8-11,13H2,(H,21,24). The Balaban J connectivity index is 1.60. The van der Waals surface area contributed by atoms with Gasteiger partial charge < -0.3 is 5.32 Å². The molecule has 1 aliphatic rings. The van der Waals surface area contributed by atoms with Crippen molar-refractivity contribution in [2.24, 2.45) is 5.92 Å². The van der Waals surface area contributed by atoms with Crippen molar-refractivity contribution in [2.45, 2.75) is 18.6 Å². The molecule has 1 amide bonds. The molecule has 1 N–H and O–H groups in total. The predicted molar refractivity (Wildman–Crippen MR) is 105 cm³/mol. The summed E-state index contributed by atoms with van der Waals surface area (Å²) < 4.78 is 40.4. The summed E-state index contributed by atoms with van der Waals surface area (Å²) in [6.45, 7) is 0.370. The molecule has 0 saturated carbocycles. The van der Waals surface area contributed by atoms with Crippen molar-refractivity contribution in [1.29, 1.82) is 0 Å². The smallest absolute Gasteiger partial charge is 0.271 e. The Bertz CT molecular complexity index is 1010. The van der Waals surface area contributed by atoms with E-state index in [0.717, 1.165) is 18.2 Å². The van der Waals surface area contributed by atoms with E-state index < -0.39 is 32.6 Å². The van der Waals surface area contributed by atoms with Crippen LogP contribution in [0, 0.1) is 21.8 Å². The van der Waals surface area contributed by atoms with Crippen LogP contribution in [0.25, 0.3) is 0 Å². The molecule has 0 bridgehead atoms. The summed E-state index contributed by atoms with van der Waals surface area (Å²) >= 11 is 0. The van der Waals surface area contributed by atoms with Gasteiger partial charge in [0.2, 0.25) is 15.9 Å². The van der Waals surface area contributed by atoms with Crippen LogP contribution in [0.15, 0.2) is 48.5 Å². The number of carbonyl (C=O) groups excluding carboxylic acids is 1. The summed E-state index contributed by atoms with van der Waals surface area (Å²) in [7, 11) is -3.50. The molecule has 3 rings (SSSR count). The van der Waals surface area contributed by atoms with E-state index in [1.807, 2.05) is 6.07 Å². The maximum Gasteiger partial charge on any atom is 0.271 e. The highest BCUT2D eigenvalue weighted by atomic mass is 32.2. The molecule has 0 aliphatic carbocycles. The molecule has 154 valence electrons. The van der Waals surface area contributed by atoms with Crippen LogP contribution < -0.4 is 5.32 Å². The fourth-order valence-electron chi connectivity index (χ4n) is 3.23. The van der Waals surface area contributed by atoms with Gasteiger partial charge in [0, 0.05) is 31.1 Å². The van der Waals surface area contributed by atoms with Crippen molar-refractivity contribution in [3.63, 3.8) is 0 Å². The Labute approximate surface area is 167 Å². The number of amides is 1. The second kappa shape index (κ2) is 8.66. The lowest BCUT2D eigenvalue weighted by molar-refractivity contribution is -0.384. The molecule has 2 aromatic rings. The number of carbonyl (C=O) groups is 1. The fourth-order valence-corrected chi connectivity index (χ4v) is 4.79. The van der Waals surface area contributed by atoms with Gasteiger partial charge in [-0.15, -0.1) is 0 Å². The average molecular weight is 421 g/mol. The molecule has 0 atom stereocenters. The summed E-state index contributed by atoms with van der Waals surface area (Å²) in [5.74, 6) is -1.86. The normalized spacial score (nSPS) is 15.8. The maximum atomic E-state index is 13.9. The van der Waals surface area contributed by atoms with Gasteiger partial charge in [-0.05, 0) is 24.5 Å². The molecule has 29 heavy (non-hydrogen) atoms. The number of anilines is 1. The first-order valence-electron chi connectivity index (χ1n) is 9.03. The van der Waals surface area contributed by atoms with Gasteiger partial charge in [-0.3, -0.25) is 14.9 Å². The second-order valence-electron chi connectivity index (χ2n) is 6.83. The number of rotatable bonds is 6. The highest BCUT2D eigenvalue weighted by Crippen LogP contribution is 2.25. The molecule has 1 saturated heterocycles. The lowest BCUT2D eigenvalue weighted by Gasteiger charge is -2.30. The van der Waals surface area contributed by atoms with Crippen LogP contribution in [0.5, 0.6) is 0 Å². The third-order valence-electron chi connectivity index (χ3n) is 4.83. The minimum Gasteiger partial charge on any atom is -0.323 e. The second-order valence-corrected chi connectivity index (χ2v) is 8.79. The molecule has 0 radical (unpaired) electrons. The van der Waals surface area contributed by atoms with Crippen molar-refractivity contribution in [2.75, 3.05) is 18.4 Å². The number of hydrogen-bond donors (Lipinski definition) is 1. The highest BCUT2D eigenvalue weighted by molar-refractivity contribution is 7.88. The van der Waals surface area contributed by atoms with E-state index in [0.29, 0.717) is 5.56 Å². The zero-order valence-corrected chi connectivity index (χ0v) is 16.3. The number of halogens is 1. The summed E-state index contributed by atoms with van der Waals surface area (Å²) in [6.07, 6.45) is 0.576. The topological polar surface area (TPSA) is 110 Å². The lowest BCUT2D eigenvalue weighted by Crippen LogP contribution is -2.41. The first-order valence-corrected chi connectivity index (χ1v) is 10.6. The fraction of sp³-hybridized carbons (Fsp3) is 0.316. The van der Waals surface area contributed by atoms with E-state index in [4.69, 9.17) is 0 Å². The molecule has 2 aromatic carbocycles. The van der Waals surface area contributed by atoms with E-state index in [-0.39, 0.29) is 43.1 Å². The predicted octanol–water partition coefficient (Wildman–Crippen LogP) is 2.91. The van der Waals surface area contributed by atoms with Crippen LogP contribution in [0.4, 0.5) is 15.8 Å². The molecule has 0 spiro atoms. The first-order chi connectivity index (χ1) is 13.8. The Kier molecular flexibility index (Phi) is 6.23. The monoisotopic (exact) mass is 421 g/mol. The largest absolute Gasteiger partial charge is 0.323 e. The summed E-state index contributed by atoms with van der Waals surface area (Å²) in [4.78, 5) is 22.6. The molecular weight excluding hydrogens is 401 g/mol. The van der Waals surface area contributed by atoms with E-state index in [1.54, 1.807) is 24.3 Å². The Morgan fingerprint density at radius 1 is 1.17 bits per heavy atom. The van der Waals surface area contributed by atoms with Gasteiger partial charge in [0.25, 0.3) is 5.69 Å². The molecular formula is C19H20FN3O5S. The maximum absolute atomic E-state index is 13.9. The molecule has 8 nitrogen and oxygen atoms in total. The lowest BCUT2D eigenvalue weighted by atomic mass is 9.97. The quantitative estimate of drug-likeness (QED) is 0.570. The molecule has 1 heterocycles.